The van der Waals surface area contributed by atoms with Gasteiger partial charge in [-0.2, -0.15) is 0 Å². The summed E-state index contributed by atoms with van der Waals surface area (Å²) in [5, 5.41) is 10.9. The van der Waals surface area contributed by atoms with Crippen molar-refractivity contribution in [3.8, 4) is 0 Å². The molecule has 0 spiro atoms. The first-order valence-corrected chi connectivity index (χ1v) is 10.8. The van der Waals surface area contributed by atoms with E-state index in [0.717, 1.165) is 23.0 Å². The van der Waals surface area contributed by atoms with Crippen molar-refractivity contribution in [2.75, 3.05) is 6.61 Å². The highest BCUT2D eigenvalue weighted by Gasteiger charge is 2.30. The van der Waals surface area contributed by atoms with Crippen LogP contribution in [0.15, 0.2) is 91.0 Å². The monoisotopic (exact) mass is 434 g/mol. The van der Waals surface area contributed by atoms with Gasteiger partial charge in [0.1, 0.15) is 18.5 Å². The predicted molar refractivity (Wildman–Crippen MR) is 123 cm³/mol. The van der Waals surface area contributed by atoms with Gasteiger partial charge in [-0.3, -0.25) is 0 Å². The second kappa shape index (κ2) is 13.6. The van der Waals surface area contributed by atoms with Gasteiger partial charge in [-0.15, -0.1) is 0 Å². The zero-order chi connectivity index (χ0) is 22.4. The summed E-state index contributed by atoms with van der Waals surface area (Å²) < 4.78 is 17.8. The van der Waals surface area contributed by atoms with Crippen LogP contribution in [0.2, 0.25) is 0 Å². The molecule has 3 atom stereocenters. The average molecular weight is 435 g/mol. The van der Waals surface area contributed by atoms with E-state index in [-0.39, 0.29) is 13.0 Å². The summed E-state index contributed by atoms with van der Waals surface area (Å²) in [6, 6.07) is 29.2. The predicted octanol–water partition coefficient (Wildman–Crippen LogP) is 4.32. The number of benzene rings is 3. The third-order valence-electron chi connectivity index (χ3n) is 5.07. The van der Waals surface area contributed by atoms with Gasteiger partial charge in [0.25, 0.3) is 0 Å². The first kappa shape index (κ1) is 23.8. The lowest BCUT2D eigenvalue weighted by molar-refractivity contribution is -0.151. The van der Waals surface area contributed by atoms with Crippen molar-refractivity contribution in [2.24, 2.45) is 0 Å². The summed E-state index contributed by atoms with van der Waals surface area (Å²) in [5.74, 6) is 0. The molecule has 3 rings (SSSR count). The molecule has 0 saturated heterocycles. The van der Waals surface area contributed by atoms with Crippen LogP contribution in [0.3, 0.4) is 0 Å². The minimum absolute atomic E-state index is 0.0679. The first-order chi connectivity index (χ1) is 15.8. The van der Waals surface area contributed by atoms with E-state index in [1.807, 2.05) is 91.0 Å². The molecule has 0 saturated carbocycles. The SMILES string of the molecule is O=CCC(OCc1ccccc1)C(OCc1ccccc1)C(O)COCc1ccccc1. The molecule has 5 heteroatoms. The summed E-state index contributed by atoms with van der Waals surface area (Å²) in [5.41, 5.74) is 2.98. The Morgan fingerprint density at radius 1 is 0.688 bits per heavy atom. The molecule has 0 bridgehead atoms. The van der Waals surface area contributed by atoms with Gasteiger partial charge in [-0.1, -0.05) is 91.0 Å². The number of aliphatic hydroxyl groups is 1. The Kier molecular flexibility index (Phi) is 10.1. The number of ether oxygens (including phenoxy) is 3. The van der Waals surface area contributed by atoms with E-state index in [4.69, 9.17) is 14.2 Å². The van der Waals surface area contributed by atoms with Crippen molar-refractivity contribution in [3.05, 3.63) is 108 Å². The molecule has 0 aliphatic heterocycles. The second-order valence-electron chi connectivity index (χ2n) is 7.57. The highest BCUT2D eigenvalue weighted by atomic mass is 16.6. The molecular weight excluding hydrogens is 404 g/mol. The van der Waals surface area contributed by atoms with Crippen LogP contribution in [0.1, 0.15) is 23.1 Å². The van der Waals surface area contributed by atoms with Crippen molar-refractivity contribution >= 4 is 6.29 Å². The summed E-state index contributed by atoms with van der Waals surface area (Å²) in [6.07, 6.45) is -1.37. The van der Waals surface area contributed by atoms with Gasteiger partial charge in [0.05, 0.1) is 32.5 Å². The Hall–Kier alpha value is -2.83. The first-order valence-electron chi connectivity index (χ1n) is 10.8. The lowest BCUT2D eigenvalue weighted by atomic mass is 10.1. The molecule has 0 fully saturated rings. The fraction of sp³-hybridized carbons (Fsp3) is 0.296. The quantitative estimate of drug-likeness (QED) is 0.383. The van der Waals surface area contributed by atoms with Crippen LogP contribution in [-0.4, -0.2) is 36.3 Å². The largest absolute Gasteiger partial charge is 0.388 e. The molecule has 0 aliphatic rings. The highest BCUT2D eigenvalue weighted by Crippen LogP contribution is 2.18. The molecule has 3 aromatic carbocycles. The molecular formula is C27H30O5. The standard InChI is InChI=1S/C27H30O5/c28-17-16-26(31-19-23-12-6-2-7-13-23)27(32-20-24-14-8-3-9-15-24)25(29)21-30-18-22-10-4-1-5-11-22/h1-15,17,25-27,29H,16,18-21H2. The molecule has 3 aromatic rings. The molecule has 0 heterocycles. The third kappa shape index (κ3) is 8.02. The van der Waals surface area contributed by atoms with Crippen molar-refractivity contribution in [3.63, 3.8) is 0 Å². The van der Waals surface area contributed by atoms with Crippen LogP contribution in [0.4, 0.5) is 0 Å². The van der Waals surface area contributed by atoms with E-state index in [9.17, 15) is 9.90 Å². The Morgan fingerprint density at radius 3 is 1.66 bits per heavy atom. The van der Waals surface area contributed by atoms with Crippen molar-refractivity contribution in [1.29, 1.82) is 0 Å². The van der Waals surface area contributed by atoms with E-state index in [2.05, 4.69) is 0 Å². The van der Waals surface area contributed by atoms with Gasteiger partial charge < -0.3 is 24.1 Å². The lowest BCUT2D eigenvalue weighted by Gasteiger charge is -2.30. The van der Waals surface area contributed by atoms with Crippen molar-refractivity contribution < 1.29 is 24.1 Å². The van der Waals surface area contributed by atoms with E-state index < -0.39 is 18.3 Å². The number of rotatable bonds is 14. The van der Waals surface area contributed by atoms with E-state index in [1.54, 1.807) is 0 Å². The van der Waals surface area contributed by atoms with Gasteiger partial charge in [-0.25, -0.2) is 0 Å². The number of hydrogen-bond donors (Lipinski definition) is 1. The Bertz CT molecular complexity index is 886. The molecule has 0 aromatic heterocycles. The normalized spacial score (nSPS) is 13.9. The van der Waals surface area contributed by atoms with Crippen molar-refractivity contribution in [1.82, 2.24) is 0 Å². The number of aldehydes is 1. The Balaban J connectivity index is 1.65. The van der Waals surface area contributed by atoms with Gasteiger partial charge in [-0.05, 0) is 16.7 Å². The Morgan fingerprint density at radius 2 is 1.16 bits per heavy atom. The van der Waals surface area contributed by atoms with E-state index in [0.29, 0.717) is 19.8 Å². The van der Waals surface area contributed by atoms with Crippen molar-refractivity contribution in [2.45, 2.75) is 44.6 Å². The zero-order valence-electron chi connectivity index (χ0n) is 18.1. The topological polar surface area (TPSA) is 65.0 Å². The maximum Gasteiger partial charge on any atom is 0.122 e. The molecule has 0 amide bonds. The summed E-state index contributed by atoms with van der Waals surface area (Å²) >= 11 is 0. The fourth-order valence-electron chi connectivity index (χ4n) is 3.37. The average Bonchev–Trinajstić information content (AvgIpc) is 2.84. The maximum absolute atomic E-state index is 11.4. The number of carbonyl (C=O) groups excluding carboxylic acids is 1. The minimum atomic E-state index is -0.955. The molecule has 3 unspecified atom stereocenters. The summed E-state index contributed by atoms with van der Waals surface area (Å²) in [4.78, 5) is 11.4. The molecule has 1 N–H and O–H groups in total. The molecule has 32 heavy (non-hydrogen) atoms. The van der Waals surface area contributed by atoms with Crippen LogP contribution in [0, 0.1) is 0 Å². The van der Waals surface area contributed by atoms with Crippen LogP contribution >= 0.6 is 0 Å². The second-order valence-corrected chi connectivity index (χ2v) is 7.57. The van der Waals surface area contributed by atoms with E-state index >= 15 is 0 Å². The fourth-order valence-corrected chi connectivity index (χ4v) is 3.37. The molecule has 0 radical (unpaired) electrons. The highest BCUT2D eigenvalue weighted by molar-refractivity contribution is 5.50. The van der Waals surface area contributed by atoms with E-state index in [1.165, 1.54) is 0 Å². The summed E-state index contributed by atoms with van der Waals surface area (Å²) in [6.45, 7) is 1.07. The number of aliphatic hydroxyl groups excluding tert-OH is 1. The zero-order valence-corrected chi connectivity index (χ0v) is 18.1. The van der Waals surface area contributed by atoms with Crippen LogP contribution in [0.25, 0.3) is 0 Å². The third-order valence-corrected chi connectivity index (χ3v) is 5.07. The Labute approximate surface area is 189 Å². The van der Waals surface area contributed by atoms with Gasteiger partial charge in [0, 0.05) is 6.42 Å². The molecule has 168 valence electrons. The van der Waals surface area contributed by atoms with Gasteiger partial charge in [0.15, 0.2) is 0 Å². The number of hydrogen-bond acceptors (Lipinski definition) is 5. The lowest BCUT2D eigenvalue weighted by Crippen LogP contribution is -2.43. The maximum atomic E-state index is 11.4. The van der Waals surface area contributed by atoms with Gasteiger partial charge in [0.2, 0.25) is 0 Å². The minimum Gasteiger partial charge on any atom is -0.388 e. The summed E-state index contributed by atoms with van der Waals surface area (Å²) in [7, 11) is 0. The van der Waals surface area contributed by atoms with Gasteiger partial charge >= 0.3 is 0 Å². The molecule has 0 aliphatic carbocycles. The number of carbonyl (C=O) groups is 1. The van der Waals surface area contributed by atoms with Crippen LogP contribution in [0.5, 0.6) is 0 Å². The van der Waals surface area contributed by atoms with Crippen LogP contribution in [-0.2, 0) is 38.8 Å². The van der Waals surface area contributed by atoms with Crippen LogP contribution < -0.4 is 0 Å². The molecule has 5 nitrogen and oxygen atoms in total. The smallest absolute Gasteiger partial charge is 0.122 e.